The van der Waals surface area contributed by atoms with Crippen LogP contribution in [0.1, 0.15) is 200 Å². The Labute approximate surface area is 240 Å². The van der Waals surface area contributed by atoms with Crippen molar-refractivity contribution in [2.45, 2.75) is 214 Å². The van der Waals surface area contributed by atoms with Crippen molar-refractivity contribution in [2.24, 2.45) is 0 Å². The van der Waals surface area contributed by atoms with Crippen molar-refractivity contribution >= 4 is 0 Å². The van der Waals surface area contributed by atoms with Gasteiger partial charge in [-0.25, -0.2) is 9.13 Å². The van der Waals surface area contributed by atoms with Crippen LogP contribution >= 0.6 is 0 Å². The van der Waals surface area contributed by atoms with Gasteiger partial charge < -0.3 is 0 Å². The number of aromatic nitrogens is 2. The Morgan fingerprint density at radius 3 is 1.26 bits per heavy atom. The molecular formula is C36H71N2+. The maximum absolute atomic E-state index is 2.62. The maximum Gasteiger partial charge on any atom is 0.256 e. The molecule has 0 saturated heterocycles. The molecule has 0 spiro atoms. The molecule has 1 aromatic heterocycles. The Morgan fingerprint density at radius 1 is 0.447 bits per heavy atom. The lowest BCUT2D eigenvalue weighted by atomic mass is 10.1. The van der Waals surface area contributed by atoms with Gasteiger partial charge >= 0.3 is 0 Å². The molecule has 1 aromatic rings. The van der Waals surface area contributed by atoms with E-state index in [1.807, 2.05) is 0 Å². The van der Waals surface area contributed by atoms with Crippen molar-refractivity contribution in [3.63, 3.8) is 0 Å². The SMILES string of the molecule is CCCCCCCCCCCCCc1n(CCCCCCCCCCC)cc[n+]1CCCCCCCCC. The fraction of sp³-hybridized carbons (Fsp3) is 0.917. The molecule has 0 N–H and O–H groups in total. The van der Waals surface area contributed by atoms with E-state index in [1.54, 1.807) is 5.82 Å². The van der Waals surface area contributed by atoms with Gasteiger partial charge in [0.1, 0.15) is 12.4 Å². The summed E-state index contributed by atoms with van der Waals surface area (Å²) in [5.41, 5.74) is 0. The normalized spacial score (nSPS) is 11.6. The fourth-order valence-corrected chi connectivity index (χ4v) is 5.97. The molecule has 38 heavy (non-hydrogen) atoms. The van der Waals surface area contributed by atoms with Crippen LogP contribution in [-0.2, 0) is 19.5 Å². The number of hydrogen-bond acceptors (Lipinski definition) is 0. The van der Waals surface area contributed by atoms with Crippen LogP contribution in [0.15, 0.2) is 12.4 Å². The first-order valence-electron chi connectivity index (χ1n) is 17.9. The van der Waals surface area contributed by atoms with Crippen molar-refractivity contribution in [2.75, 3.05) is 0 Å². The van der Waals surface area contributed by atoms with E-state index in [2.05, 4.69) is 42.3 Å². The molecule has 0 amide bonds. The Morgan fingerprint density at radius 2 is 0.816 bits per heavy atom. The van der Waals surface area contributed by atoms with Crippen LogP contribution in [0.3, 0.4) is 0 Å². The molecule has 0 aromatic carbocycles. The van der Waals surface area contributed by atoms with Crippen LogP contribution in [-0.4, -0.2) is 4.57 Å². The number of aryl methyl sites for hydroxylation is 2. The summed E-state index contributed by atoms with van der Waals surface area (Å²) in [6, 6.07) is 0. The summed E-state index contributed by atoms with van der Waals surface area (Å²) in [5.74, 6) is 1.62. The average Bonchev–Trinajstić information content (AvgIpc) is 3.31. The van der Waals surface area contributed by atoms with Crippen molar-refractivity contribution < 1.29 is 4.57 Å². The van der Waals surface area contributed by atoms with Crippen LogP contribution in [0.4, 0.5) is 0 Å². The summed E-state index contributed by atoms with van der Waals surface area (Å²) in [5, 5.41) is 0. The van der Waals surface area contributed by atoms with E-state index in [4.69, 9.17) is 0 Å². The average molecular weight is 532 g/mol. The van der Waals surface area contributed by atoms with Gasteiger partial charge in [-0.2, -0.15) is 0 Å². The predicted octanol–water partition coefficient (Wildman–Crippen LogP) is 11.9. The van der Waals surface area contributed by atoms with Crippen molar-refractivity contribution in [3.05, 3.63) is 18.2 Å². The standard InChI is InChI=1S/C36H71N2/c1-4-7-10-13-16-18-19-20-22-25-28-31-36-37(32-29-26-23-15-12-9-6-3)34-35-38(36)33-30-27-24-21-17-14-11-8-5-2/h34-35H,4-33H2,1-3H3/q+1. The minimum Gasteiger partial charge on any atom is -0.234 e. The van der Waals surface area contributed by atoms with E-state index in [9.17, 15) is 0 Å². The molecule has 1 heterocycles. The summed E-state index contributed by atoms with van der Waals surface area (Å²) < 4.78 is 5.24. The number of hydrogen-bond donors (Lipinski definition) is 0. The Hall–Kier alpha value is -0.790. The lowest BCUT2D eigenvalue weighted by Crippen LogP contribution is -2.37. The molecule has 0 saturated carbocycles. The van der Waals surface area contributed by atoms with Crippen LogP contribution < -0.4 is 4.57 Å². The van der Waals surface area contributed by atoms with Gasteiger partial charge in [0.15, 0.2) is 0 Å². The molecule has 0 fully saturated rings. The summed E-state index contributed by atoms with van der Waals surface area (Å²) in [7, 11) is 0. The quantitative estimate of drug-likeness (QED) is 0.0689. The molecule has 0 unspecified atom stereocenters. The van der Waals surface area contributed by atoms with Crippen LogP contribution in [0.2, 0.25) is 0 Å². The Bertz CT molecular complexity index is 590. The number of rotatable bonds is 30. The minimum atomic E-state index is 1.23. The molecule has 224 valence electrons. The first-order valence-corrected chi connectivity index (χ1v) is 17.9. The molecule has 0 atom stereocenters. The zero-order chi connectivity index (χ0) is 27.4. The second-order valence-electron chi connectivity index (χ2n) is 12.3. The fourth-order valence-electron chi connectivity index (χ4n) is 5.97. The van der Waals surface area contributed by atoms with Gasteiger partial charge in [0.05, 0.1) is 13.1 Å². The molecule has 0 radical (unpaired) electrons. The maximum atomic E-state index is 2.62. The molecule has 0 aliphatic carbocycles. The monoisotopic (exact) mass is 532 g/mol. The number of imidazole rings is 1. The van der Waals surface area contributed by atoms with Gasteiger partial charge in [-0.3, -0.25) is 0 Å². The highest BCUT2D eigenvalue weighted by molar-refractivity contribution is 4.84. The van der Waals surface area contributed by atoms with Gasteiger partial charge in [-0.05, 0) is 32.1 Å². The highest BCUT2D eigenvalue weighted by atomic mass is 15.1. The highest BCUT2D eigenvalue weighted by Gasteiger charge is 2.16. The predicted molar refractivity (Wildman–Crippen MR) is 170 cm³/mol. The largest absolute Gasteiger partial charge is 0.256 e. The van der Waals surface area contributed by atoms with Crippen LogP contribution in [0.5, 0.6) is 0 Å². The van der Waals surface area contributed by atoms with Crippen LogP contribution in [0, 0.1) is 0 Å². The zero-order valence-electron chi connectivity index (χ0n) is 26.8. The van der Waals surface area contributed by atoms with E-state index in [-0.39, 0.29) is 0 Å². The van der Waals surface area contributed by atoms with Crippen LogP contribution in [0.25, 0.3) is 0 Å². The van der Waals surface area contributed by atoms with E-state index < -0.39 is 0 Å². The lowest BCUT2D eigenvalue weighted by Gasteiger charge is -2.07. The van der Waals surface area contributed by atoms with Crippen molar-refractivity contribution in [1.82, 2.24) is 4.57 Å². The van der Waals surface area contributed by atoms with Crippen molar-refractivity contribution in [1.29, 1.82) is 0 Å². The van der Waals surface area contributed by atoms with Gasteiger partial charge in [0.25, 0.3) is 5.82 Å². The minimum absolute atomic E-state index is 1.23. The zero-order valence-corrected chi connectivity index (χ0v) is 26.8. The summed E-state index contributed by atoms with van der Waals surface area (Å²) in [6.45, 7) is 9.39. The summed E-state index contributed by atoms with van der Waals surface area (Å²) >= 11 is 0. The molecular weight excluding hydrogens is 460 g/mol. The summed E-state index contributed by atoms with van der Waals surface area (Å²) in [4.78, 5) is 0. The van der Waals surface area contributed by atoms with Gasteiger partial charge in [-0.15, -0.1) is 0 Å². The van der Waals surface area contributed by atoms with E-state index >= 15 is 0 Å². The molecule has 2 heteroatoms. The second kappa shape index (κ2) is 27.8. The first-order chi connectivity index (χ1) is 18.8. The number of nitrogens with zero attached hydrogens (tertiary/aromatic N) is 2. The second-order valence-corrected chi connectivity index (χ2v) is 12.3. The van der Waals surface area contributed by atoms with Gasteiger partial charge in [0.2, 0.25) is 0 Å². The number of unbranched alkanes of at least 4 members (excludes halogenated alkanes) is 24. The molecule has 0 aliphatic heterocycles. The van der Waals surface area contributed by atoms with Gasteiger partial charge in [-0.1, -0.05) is 162 Å². The van der Waals surface area contributed by atoms with Crippen molar-refractivity contribution in [3.8, 4) is 0 Å². The third-order valence-corrected chi connectivity index (χ3v) is 8.60. The Balaban J connectivity index is 2.33. The first kappa shape index (κ1) is 35.2. The molecule has 1 rings (SSSR count). The Kier molecular flexibility index (Phi) is 25.7. The van der Waals surface area contributed by atoms with Gasteiger partial charge in [0, 0.05) is 6.42 Å². The third-order valence-electron chi connectivity index (χ3n) is 8.60. The highest BCUT2D eigenvalue weighted by Crippen LogP contribution is 2.14. The summed E-state index contributed by atoms with van der Waals surface area (Å²) in [6.07, 6.45) is 44.4. The lowest BCUT2D eigenvalue weighted by molar-refractivity contribution is -0.704. The third kappa shape index (κ3) is 20.2. The van der Waals surface area contributed by atoms with E-state index in [1.165, 1.54) is 193 Å². The molecule has 0 bridgehead atoms. The molecule has 2 nitrogen and oxygen atoms in total. The molecule has 0 aliphatic rings. The van der Waals surface area contributed by atoms with E-state index in [0.29, 0.717) is 0 Å². The van der Waals surface area contributed by atoms with E-state index in [0.717, 1.165) is 0 Å². The smallest absolute Gasteiger partial charge is 0.234 e. The topological polar surface area (TPSA) is 8.81 Å².